The number of nitrogens with two attached hydrogens (primary N) is 1. The van der Waals surface area contributed by atoms with Gasteiger partial charge < -0.3 is 21.3 Å². The molecular formula is C22H30N4O2. The highest BCUT2D eigenvalue weighted by molar-refractivity contribution is 6.09. The second-order valence-corrected chi connectivity index (χ2v) is 6.52. The Kier molecular flexibility index (Phi) is 8.49. The Balaban J connectivity index is 2.10. The number of para-hydroxylation sites is 1. The van der Waals surface area contributed by atoms with Crippen molar-refractivity contribution in [1.82, 2.24) is 5.32 Å². The highest BCUT2D eigenvalue weighted by Crippen LogP contribution is 2.19. The summed E-state index contributed by atoms with van der Waals surface area (Å²) in [6.07, 6.45) is 2.29. The molecule has 0 heterocycles. The van der Waals surface area contributed by atoms with E-state index in [0.29, 0.717) is 29.9 Å². The van der Waals surface area contributed by atoms with Crippen LogP contribution in [0.2, 0.25) is 0 Å². The molecule has 0 fully saturated rings. The maximum Gasteiger partial charge on any atom is 0.255 e. The summed E-state index contributed by atoms with van der Waals surface area (Å²) in [5.41, 5.74) is 7.98. The maximum atomic E-state index is 12.6. The molecule has 0 radical (unpaired) electrons. The maximum absolute atomic E-state index is 12.6. The molecule has 0 bridgehead atoms. The van der Waals surface area contributed by atoms with E-state index in [4.69, 9.17) is 5.73 Å². The van der Waals surface area contributed by atoms with Crippen molar-refractivity contribution in [3.8, 4) is 0 Å². The number of carbonyl (C=O) groups is 2. The van der Waals surface area contributed by atoms with Crippen molar-refractivity contribution in [2.45, 2.75) is 26.7 Å². The molecule has 0 aromatic heterocycles. The largest absolute Gasteiger partial charge is 0.372 e. The first-order valence-corrected chi connectivity index (χ1v) is 9.84. The first kappa shape index (κ1) is 21.4. The van der Waals surface area contributed by atoms with E-state index < -0.39 is 0 Å². The third kappa shape index (κ3) is 5.82. The van der Waals surface area contributed by atoms with Crippen molar-refractivity contribution in [3.05, 3.63) is 59.7 Å². The van der Waals surface area contributed by atoms with Crippen LogP contribution in [0.1, 0.15) is 47.4 Å². The van der Waals surface area contributed by atoms with Gasteiger partial charge in [0.1, 0.15) is 0 Å². The predicted molar refractivity (Wildman–Crippen MR) is 115 cm³/mol. The number of nitrogens with zero attached hydrogens (tertiary/aromatic N) is 1. The Hall–Kier alpha value is -2.86. The second-order valence-electron chi connectivity index (χ2n) is 6.52. The molecule has 28 heavy (non-hydrogen) atoms. The number of rotatable bonds is 10. The first-order chi connectivity index (χ1) is 13.6. The van der Waals surface area contributed by atoms with Crippen LogP contribution >= 0.6 is 0 Å². The standard InChI is InChI=1S/C22H30N4O2/c1-3-5-16-26(4-2)18-12-10-17(11-13-18)21(27)25-20-9-7-6-8-19(20)22(28)24-15-14-23/h6-13H,3-5,14-16,23H2,1-2H3,(H,24,28)(H,25,27). The lowest BCUT2D eigenvalue weighted by Gasteiger charge is -2.23. The predicted octanol–water partition coefficient (Wildman–Crippen LogP) is 3.25. The number of nitrogens with one attached hydrogen (secondary N) is 2. The lowest BCUT2D eigenvalue weighted by Crippen LogP contribution is -2.30. The fourth-order valence-corrected chi connectivity index (χ4v) is 2.91. The molecule has 0 saturated heterocycles. The van der Waals surface area contributed by atoms with E-state index in [1.165, 1.54) is 0 Å². The van der Waals surface area contributed by atoms with Gasteiger partial charge in [-0.15, -0.1) is 0 Å². The van der Waals surface area contributed by atoms with Crippen LogP contribution in [0.4, 0.5) is 11.4 Å². The minimum atomic E-state index is -0.258. The van der Waals surface area contributed by atoms with Crippen LogP contribution in [-0.2, 0) is 0 Å². The third-order valence-electron chi connectivity index (χ3n) is 4.51. The van der Waals surface area contributed by atoms with E-state index in [9.17, 15) is 9.59 Å². The average molecular weight is 383 g/mol. The number of anilines is 2. The molecule has 2 aromatic rings. The lowest BCUT2D eigenvalue weighted by atomic mass is 10.1. The summed E-state index contributed by atoms with van der Waals surface area (Å²) in [6.45, 7) is 6.98. The molecule has 2 aromatic carbocycles. The molecule has 0 aliphatic rings. The monoisotopic (exact) mass is 382 g/mol. The zero-order valence-corrected chi connectivity index (χ0v) is 16.7. The number of amides is 2. The number of hydrogen-bond acceptors (Lipinski definition) is 4. The number of carbonyl (C=O) groups excluding carboxylic acids is 2. The van der Waals surface area contributed by atoms with Crippen LogP contribution in [0.5, 0.6) is 0 Å². The van der Waals surface area contributed by atoms with Gasteiger partial charge in [0.25, 0.3) is 11.8 Å². The smallest absolute Gasteiger partial charge is 0.255 e. The Morgan fingerprint density at radius 1 is 1.00 bits per heavy atom. The van der Waals surface area contributed by atoms with E-state index >= 15 is 0 Å². The molecule has 0 aliphatic carbocycles. The van der Waals surface area contributed by atoms with Gasteiger partial charge in [-0.05, 0) is 49.7 Å². The number of hydrogen-bond donors (Lipinski definition) is 3. The summed E-state index contributed by atoms with van der Waals surface area (Å²) in [6, 6.07) is 14.5. The highest BCUT2D eigenvalue weighted by Gasteiger charge is 2.14. The van der Waals surface area contributed by atoms with Crippen molar-refractivity contribution in [1.29, 1.82) is 0 Å². The van der Waals surface area contributed by atoms with E-state index in [-0.39, 0.29) is 11.8 Å². The molecule has 6 nitrogen and oxygen atoms in total. The van der Waals surface area contributed by atoms with Crippen molar-refractivity contribution in [3.63, 3.8) is 0 Å². The zero-order chi connectivity index (χ0) is 20.4. The van der Waals surface area contributed by atoms with Crippen LogP contribution in [0, 0.1) is 0 Å². The van der Waals surface area contributed by atoms with Gasteiger partial charge in [0.05, 0.1) is 11.3 Å². The number of benzene rings is 2. The van der Waals surface area contributed by atoms with Gasteiger partial charge in [0.2, 0.25) is 0 Å². The van der Waals surface area contributed by atoms with E-state index in [0.717, 1.165) is 31.6 Å². The van der Waals surface area contributed by atoms with Crippen molar-refractivity contribution in [2.24, 2.45) is 5.73 Å². The second kappa shape index (κ2) is 11.1. The zero-order valence-electron chi connectivity index (χ0n) is 16.7. The van der Waals surface area contributed by atoms with Crippen molar-refractivity contribution < 1.29 is 9.59 Å². The molecule has 6 heteroatoms. The van der Waals surface area contributed by atoms with Crippen LogP contribution in [0.3, 0.4) is 0 Å². The van der Waals surface area contributed by atoms with Gasteiger partial charge in [0, 0.05) is 37.4 Å². The summed E-state index contributed by atoms with van der Waals surface area (Å²) in [7, 11) is 0. The molecule has 0 unspecified atom stereocenters. The first-order valence-electron chi connectivity index (χ1n) is 9.84. The van der Waals surface area contributed by atoms with E-state index in [1.807, 2.05) is 24.3 Å². The van der Waals surface area contributed by atoms with Gasteiger partial charge >= 0.3 is 0 Å². The summed E-state index contributed by atoms with van der Waals surface area (Å²) < 4.78 is 0. The Morgan fingerprint density at radius 3 is 2.36 bits per heavy atom. The Labute approximate surface area is 167 Å². The Bertz CT molecular complexity index is 774. The van der Waals surface area contributed by atoms with Gasteiger partial charge in [-0.25, -0.2) is 0 Å². The van der Waals surface area contributed by atoms with E-state index in [2.05, 4.69) is 29.4 Å². The molecule has 0 spiro atoms. The normalized spacial score (nSPS) is 10.4. The molecular weight excluding hydrogens is 352 g/mol. The molecule has 150 valence electrons. The summed E-state index contributed by atoms with van der Waals surface area (Å²) in [5, 5.41) is 5.56. The average Bonchev–Trinajstić information content (AvgIpc) is 2.73. The molecule has 2 amide bonds. The SMILES string of the molecule is CCCCN(CC)c1ccc(C(=O)Nc2ccccc2C(=O)NCCN)cc1. The lowest BCUT2D eigenvalue weighted by molar-refractivity contribution is 0.0955. The molecule has 2 rings (SSSR count). The summed E-state index contributed by atoms with van der Waals surface area (Å²) in [4.78, 5) is 27.2. The van der Waals surface area contributed by atoms with Crippen molar-refractivity contribution >= 4 is 23.2 Å². The van der Waals surface area contributed by atoms with Crippen LogP contribution in [0.15, 0.2) is 48.5 Å². The Morgan fingerprint density at radius 2 is 1.71 bits per heavy atom. The number of unbranched alkanes of at least 4 members (excludes halogenated alkanes) is 1. The minimum Gasteiger partial charge on any atom is -0.372 e. The van der Waals surface area contributed by atoms with E-state index in [1.54, 1.807) is 24.3 Å². The van der Waals surface area contributed by atoms with Gasteiger partial charge in [-0.1, -0.05) is 25.5 Å². The van der Waals surface area contributed by atoms with Crippen LogP contribution in [-0.4, -0.2) is 38.0 Å². The van der Waals surface area contributed by atoms with Crippen molar-refractivity contribution in [2.75, 3.05) is 36.4 Å². The minimum absolute atomic E-state index is 0.248. The molecule has 0 saturated carbocycles. The topological polar surface area (TPSA) is 87.5 Å². The summed E-state index contributed by atoms with van der Waals surface area (Å²) >= 11 is 0. The molecule has 0 atom stereocenters. The van der Waals surface area contributed by atoms with Gasteiger partial charge in [0.15, 0.2) is 0 Å². The molecule has 4 N–H and O–H groups in total. The van der Waals surface area contributed by atoms with Gasteiger partial charge in [-0.2, -0.15) is 0 Å². The summed E-state index contributed by atoms with van der Waals surface area (Å²) in [5.74, 6) is -0.506. The van der Waals surface area contributed by atoms with Crippen LogP contribution in [0.25, 0.3) is 0 Å². The van der Waals surface area contributed by atoms with Gasteiger partial charge in [-0.3, -0.25) is 9.59 Å². The fraction of sp³-hybridized carbons (Fsp3) is 0.364. The third-order valence-corrected chi connectivity index (χ3v) is 4.51. The fourth-order valence-electron chi connectivity index (χ4n) is 2.91. The quantitative estimate of drug-likeness (QED) is 0.589. The highest BCUT2D eigenvalue weighted by atomic mass is 16.2. The van der Waals surface area contributed by atoms with Crippen LogP contribution < -0.4 is 21.3 Å². The molecule has 0 aliphatic heterocycles.